The first-order valence-corrected chi connectivity index (χ1v) is 6.60. The lowest BCUT2D eigenvalue weighted by molar-refractivity contribution is 0.658. The first-order chi connectivity index (χ1) is 6.74. The van der Waals surface area contributed by atoms with Crippen molar-refractivity contribution in [1.29, 1.82) is 0 Å². The van der Waals surface area contributed by atoms with Crippen LogP contribution in [0.2, 0.25) is 0 Å². The molecule has 1 aliphatic carbocycles. The summed E-state index contributed by atoms with van der Waals surface area (Å²) in [5, 5.41) is 0. The molecule has 1 aromatic rings. The molecule has 76 valence electrons. The minimum absolute atomic E-state index is 0.766. The summed E-state index contributed by atoms with van der Waals surface area (Å²) in [5.41, 5.74) is 3.07. The van der Waals surface area contributed by atoms with E-state index in [1.54, 1.807) is 5.56 Å². The summed E-state index contributed by atoms with van der Waals surface area (Å²) in [6.07, 6.45) is 5.03. The van der Waals surface area contributed by atoms with E-state index in [-0.39, 0.29) is 0 Å². The molecule has 0 aromatic heterocycles. The second-order valence-corrected chi connectivity index (χ2v) is 5.15. The predicted molar refractivity (Wildman–Crippen MR) is 64.1 cm³/mol. The third kappa shape index (κ3) is 1.83. The van der Waals surface area contributed by atoms with Crippen molar-refractivity contribution >= 4 is 11.8 Å². The molecule has 14 heavy (non-hydrogen) atoms. The van der Waals surface area contributed by atoms with E-state index in [0.717, 1.165) is 11.8 Å². The van der Waals surface area contributed by atoms with Gasteiger partial charge in [0.25, 0.3) is 0 Å². The van der Waals surface area contributed by atoms with Gasteiger partial charge in [0, 0.05) is 4.90 Å². The summed E-state index contributed by atoms with van der Waals surface area (Å²) in [7, 11) is 0. The van der Waals surface area contributed by atoms with Crippen LogP contribution in [0, 0.1) is 12.8 Å². The lowest BCUT2D eigenvalue weighted by atomic mass is 9.92. The van der Waals surface area contributed by atoms with Crippen LogP contribution in [0.25, 0.3) is 0 Å². The van der Waals surface area contributed by atoms with Gasteiger partial charge in [-0.3, -0.25) is 0 Å². The molecule has 0 bridgehead atoms. The Bertz CT molecular complexity index is 326. The van der Waals surface area contributed by atoms with E-state index >= 15 is 0 Å². The predicted octanol–water partition coefficient (Wildman–Crippen LogP) is 4.23. The zero-order valence-electron chi connectivity index (χ0n) is 9.21. The highest BCUT2D eigenvalue weighted by atomic mass is 32.2. The second-order valence-electron chi connectivity index (χ2n) is 4.30. The Labute approximate surface area is 91.1 Å². The van der Waals surface area contributed by atoms with E-state index in [4.69, 9.17) is 0 Å². The van der Waals surface area contributed by atoms with Crippen molar-refractivity contribution in [3.05, 3.63) is 29.3 Å². The van der Waals surface area contributed by atoms with Gasteiger partial charge in [-0.1, -0.05) is 19.1 Å². The Morgan fingerprint density at radius 3 is 2.64 bits per heavy atom. The Hall–Kier alpha value is -0.430. The molecular formula is C13H18S. The minimum atomic E-state index is 0.766. The van der Waals surface area contributed by atoms with Crippen molar-refractivity contribution in [1.82, 2.24) is 0 Å². The van der Waals surface area contributed by atoms with E-state index in [0.29, 0.717) is 0 Å². The molecule has 1 saturated carbocycles. The lowest BCUT2D eigenvalue weighted by Crippen LogP contribution is -1.99. The number of rotatable bonds is 3. The highest BCUT2D eigenvalue weighted by Crippen LogP contribution is 2.43. The summed E-state index contributed by atoms with van der Waals surface area (Å²) in [6, 6.07) is 6.73. The summed E-state index contributed by atoms with van der Waals surface area (Å²) >= 11 is 1.86. The van der Waals surface area contributed by atoms with Crippen molar-refractivity contribution in [2.24, 2.45) is 5.92 Å². The molecule has 0 aliphatic heterocycles. The van der Waals surface area contributed by atoms with Gasteiger partial charge in [-0.05, 0) is 55.1 Å². The number of thioether (sulfide) groups is 1. The minimum Gasteiger partial charge on any atom is -0.129 e. The van der Waals surface area contributed by atoms with Gasteiger partial charge in [-0.25, -0.2) is 0 Å². The number of benzene rings is 1. The maximum atomic E-state index is 2.38. The fourth-order valence-corrected chi connectivity index (χ4v) is 2.83. The Balaban J connectivity index is 2.31. The number of hydrogen-bond donors (Lipinski definition) is 0. The van der Waals surface area contributed by atoms with E-state index in [1.807, 2.05) is 11.8 Å². The smallest absolute Gasteiger partial charge is 0.0101 e. The number of hydrogen-bond acceptors (Lipinski definition) is 1. The van der Waals surface area contributed by atoms with Crippen LogP contribution in [-0.4, -0.2) is 6.26 Å². The second kappa shape index (κ2) is 3.98. The molecule has 1 atom stereocenters. The Morgan fingerprint density at radius 2 is 2.07 bits per heavy atom. The maximum Gasteiger partial charge on any atom is 0.0101 e. The zero-order chi connectivity index (χ0) is 10.1. The molecule has 1 aliphatic rings. The SMILES string of the molecule is CSc1cccc(C(C)C2CC2)c1C. The largest absolute Gasteiger partial charge is 0.129 e. The van der Waals surface area contributed by atoms with Crippen LogP contribution < -0.4 is 0 Å². The molecule has 0 spiro atoms. The van der Waals surface area contributed by atoms with Crippen molar-refractivity contribution in [2.75, 3.05) is 6.26 Å². The van der Waals surface area contributed by atoms with Crippen molar-refractivity contribution in [2.45, 2.75) is 37.5 Å². The van der Waals surface area contributed by atoms with Crippen molar-refractivity contribution < 1.29 is 0 Å². The lowest BCUT2D eigenvalue weighted by Gasteiger charge is -2.15. The first-order valence-electron chi connectivity index (χ1n) is 5.37. The first kappa shape index (κ1) is 10.1. The van der Waals surface area contributed by atoms with Gasteiger partial charge >= 0.3 is 0 Å². The van der Waals surface area contributed by atoms with Crippen LogP contribution >= 0.6 is 11.8 Å². The molecular weight excluding hydrogens is 188 g/mol. The molecule has 1 unspecified atom stereocenters. The third-order valence-corrected chi connectivity index (χ3v) is 4.25. The Morgan fingerprint density at radius 1 is 1.36 bits per heavy atom. The molecule has 1 fully saturated rings. The standard InChI is InChI=1S/C13H18S/c1-9(11-7-8-11)12-5-4-6-13(14-3)10(12)2/h4-6,9,11H,7-8H2,1-3H3. The topological polar surface area (TPSA) is 0 Å². The van der Waals surface area contributed by atoms with Crippen LogP contribution in [0.1, 0.15) is 36.8 Å². The van der Waals surface area contributed by atoms with Crippen LogP contribution in [0.4, 0.5) is 0 Å². The van der Waals surface area contributed by atoms with E-state index in [9.17, 15) is 0 Å². The fraction of sp³-hybridized carbons (Fsp3) is 0.538. The average Bonchev–Trinajstić information content (AvgIpc) is 3.00. The monoisotopic (exact) mass is 206 g/mol. The highest BCUT2D eigenvalue weighted by Gasteiger charge is 2.29. The van der Waals surface area contributed by atoms with E-state index in [2.05, 4.69) is 38.3 Å². The average molecular weight is 206 g/mol. The zero-order valence-corrected chi connectivity index (χ0v) is 10.0. The normalized spacial score (nSPS) is 18.2. The summed E-state index contributed by atoms with van der Waals surface area (Å²) in [5.74, 6) is 1.73. The molecule has 0 heterocycles. The molecule has 0 nitrogen and oxygen atoms in total. The quantitative estimate of drug-likeness (QED) is 0.667. The molecule has 2 rings (SSSR count). The van der Waals surface area contributed by atoms with Gasteiger partial charge in [0.2, 0.25) is 0 Å². The van der Waals surface area contributed by atoms with E-state index < -0.39 is 0 Å². The highest BCUT2D eigenvalue weighted by molar-refractivity contribution is 7.98. The molecule has 0 radical (unpaired) electrons. The fourth-order valence-electron chi connectivity index (χ4n) is 2.20. The van der Waals surface area contributed by atoms with Crippen LogP contribution in [-0.2, 0) is 0 Å². The molecule has 0 saturated heterocycles. The van der Waals surface area contributed by atoms with E-state index in [1.165, 1.54) is 23.3 Å². The third-order valence-electron chi connectivity index (χ3n) is 3.37. The van der Waals surface area contributed by atoms with Gasteiger partial charge in [0.1, 0.15) is 0 Å². The molecule has 0 amide bonds. The Kier molecular flexibility index (Phi) is 2.87. The summed E-state index contributed by atoms with van der Waals surface area (Å²) in [4.78, 5) is 1.44. The van der Waals surface area contributed by atoms with Gasteiger partial charge in [-0.2, -0.15) is 0 Å². The van der Waals surface area contributed by atoms with Gasteiger partial charge < -0.3 is 0 Å². The van der Waals surface area contributed by atoms with Crippen molar-refractivity contribution in [3.63, 3.8) is 0 Å². The molecule has 1 aromatic carbocycles. The van der Waals surface area contributed by atoms with Crippen LogP contribution in [0.15, 0.2) is 23.1 Å². The maximum absolute atomic E-state index is 2.38. The molecule has 0 N–H and O–H groups in total. The summed E-state index contributed by atoms with van der Waals surface area (Å²) in [6.45, 7) is 4.64. The van der Waals surface area contributed by atoms with Crippen molar-refractivity contribution in [3.8, 4) is 0 Å². The van der Waals surface area contributed by atoms with Gasteiger partial charge in [-0.15, -0.1) is 11.8 Å². The van der Waals surface area contributed by atoms with Crippen LogP contribution in [0.3, 0.4) is 0 Å². The van der Waals surface area contributed by atoms with Crippen LogP contribution in [0.5, 0.6) is 0 Å². The van der Waals surface area contributed by atoms with Gasteiger partial charge in [0.15, 0.2) is 0 Å². The molecule has 1 heteroatoms. The van der Waals surface area contributed by atoms with Gasteiger partial charge in [0.05, 0.1) is 0 Å². The summed E-state index contributed by atoms with van der Waals surface area (Å²) < 4.78 is 0.